The highest BCUT2D eigenvalue weighted by Gasteiger charge is 2.31. The average Bonchev–Trinajstić information content (AvgIpc) is 3.68. The van der Waals surface area contributed by atoms with Crippen LogP contribution in [0, 0.1) is 5.92 Å². The molecule has 2 N–H and O–H groups in total. The van der Waals surface area contributed by atoms with Crippen molar-refractivity contribution in [1.29, 1.82) is 0 Å². The van der Waals surface area contributed by atoms with Gasteiger partial charge < -0.3 is 24.3 Å². The van der Waals surface area contributed by atoms with Crippen molar-refractivity contribution >= 4 is 11.9 Å². The Morgan fingerprint density at radius 2 is 1.82 bits per heavy atom. The number of oxazole rings is 1. The Morgan fingerprint density at radius 3 is 2.61 bits per heavy atom. The van der Waals surface area contributed by atoms with Crippen molar-refractivity contribution < 1.29 is 28.6 Å². The van der Waals surface area contributed by atoms with Crippen molar-refractivity contribution in [2.24, 2.45) is 5.92 Å². The first-order chi connectivity index (χ1) is 18.6. The third kappa shape index (κ3) is 6.67. The van der Waals surface area contributed by atoms with Crippen molar-refractivity contribution in [3.63, 3.8) is 0 Å². The smallest absolute Gasteiger partial charge is 0.303 e. The largest absolute Gasteiger partial charge is 0.481 e. The molecule has 1 amide bonds. The van der Waals surface area contributed by atoms with Crippen LogP contribution in [0.3, 0.4) is 0 Å². The molecule has 2 aliphatic heterocycles. The first-order valence-corrected chi connectivity index (χ1v) is 14.2. The van der Waals surface area contributed by atoms with Gasteiger partial charge in [0.25, 0.3) is 5.91 Å². The molecular weight excluding hydrogens is 486 g/mol. The summed E-state index contributed by atoms with van der Waals surface area (Å²) in [7, 11) is 0. The van der Waals surface area contributed by atoms with Crippen LogP contribution in [-0.2, 0) is 17.8 Å². The summed E-state index contributed by atoms with van der Waals surface area (Å²) in [6.45, 7) is 2.31. The first-order valence-electron chi connectivity index (χ1n) is 14.2. The minimum absolute atomic E-state index is 0.0372. The number of fused-ring (bicyclic) bond motifs is 1. The molecule has 0 spiro atoms. The van der Waals surface area contributed by atoms with E-state index < -0.39 is 5.97 Å². The van der Waals surface area contributed by atoms with Crippen LogP contribution in [0.4, 0.5) is 0 Å². The van der Waals surface area contributed by atoms with Crippen molar-refractivity contribution in [2.75, 3.05) is 19.9 Å². The number of ether oxygens (including phenoxy) is 2. The van der Waals surface area contributed by atoms with E-state index in [0.29, 0.717) is 42.6 Å². The fourth-order valence-corrected chi connectivity index (χ4v) is 6.03. The van der Waals surface area contributed by atoms with Gasteiger partial charge in [-0.15, -0.1) is 0 Å². The number of amides is 1. The molecule has 1 aromatic heterocycles. The molecule has 0 radical (unpaired) electrons. The van der Waals surface area contributed by atoms with Crippen LogP contribution in [0.5, 0.6) is 11.5 Å². The van der Waals surface area contributed by atoms with Gasteiger partial charge in [-0.3, -0.25) is 14.5 Å². The van der Waals surface area contributed by atoms with Crippen molar-refractivity contribution in [2.45, 2.75) is 89.6 Å². The number of unbranched alkanes of at least 4 members (excludes halogenated alkanes) is 1. The number of nitrogens with one attached hydrogen (secondary N) is 1. The molecule has 9 nitrogen and oxygen atoms in total. The second-order valence-corrected chi connectivity index (χ2v) is 10.8. The Bertz CT molecular complexity index is 1110. The van der Waals surface area contributed by atoms with Crippen LogP contribution in [0.2, 0.25) is 0 Å². The van der Waals surface area contributed by atoms with E-state index in [1.807, 2.05) is 12.1 Å². The first kappa shape index (κ1) is 26.5. The van der Waals surface area contributed by atoms with Crippen LogP contribution in [0.25, 0.3) is 0 Å². The van der Waals surface area contributed by atoms with Gasteiger partial charge in [0.2, 0.25) is 12.7 Å². The summed E-state index contributed by atoms with van der Waals surface area (Å²) in [5, 5.41) is 12.2. The molecule has 1 saturated heterocycles. The fourth-order valence-electron chi connectivity index (χ4n) is 6.03. The fraction of sp³-hybridized carbons (Fsp3) is 0.621. The molecule has 3 aliphatic rings. The van der Waals surface area contributed by atoms with Gasteiger partial charge in [0.05, 0.1) is 6.04 Å². The topological polar surface area (TPSA) is 114 Å². The number of nitrogens with zero attached hydrogens (tertiary/aromatic N) is 2. The summed E-state index contributed by atoms with van der Waals surface area (Å²) in [5.74, 6) is 1.75. The molecule has 0 unspecified atom stereocenters. The van der Waals surface area contributed by atoms with E-state index in [1.165, 1.54) is 44.8 Å². The van der Waals surface area contributed by atoms with Gasteiger partial charge in [0.1, 0.15) is 6.26 Å². The molecule has 5 rings (SSSR count). The van der Waals surface area contributed by atoms with Crippen LogP contribution in [0.1, 0.15) is 104 Å². The standard InChI is InChI=1S/C29H39N3O6/c33-27(34)12-11-21-15-25-26(38-19-37-25)16-22(21)17-32-14-6-10-24(32)29-31-23(18-36-29)28(35)30-13-5-4-9-20-7-2-1-3-8-20/h15-16,18,20,24H,1-14,17,19H2,(H,30,35)(H,33,34)/t24-/m1/s1. The van der Waals surface area contributed by atoms with Crippen LogP contribution >= 0.6 is 0 Å². The molecule has 1 saturated carbocycles. The quantitative estimate of drug-likeness (QED) is 0.362. The van der Waals surface area contributed by atoms with Crippen LogP contribution < -0.4 is 14.8 Å². The number of likely N-dealkylation sites (tertiary alicyclic amines) is 1. The lowest BCUT2D eigenvalue weighted by Crippen LogP contribution is -2.26. The van der Waals surface area contributed by atoms with E-state index >= 15 is 0 Å². The number of carboxylic acids is 1. The predicted molar refractivity (Wildman–Crippen MR) is 140 cm³/mol. The summed E-state index contributed by atoms with van der Waals surface area (Å²) in [6.07, 6.45) is 14.1. The number of aliphatic carboxylic acids is 1. The normalized spacial score (nSPS) is 19.6. The number of hydrogen-bond acceptors (Lipinski definition) is 7. The molecule has 2 aromatic rings. The maximum Gasteiger partial charge on any atom is 0.303 e. The molecule has 1 aromatic carbocycles. The lowest BCUT2D eigenvalue weighted by Gasteiger charge is -2.23. The number of carboxylic acid groups (broad SMARTS) is 1. The Labute approximate surface area is 223 Å². The maximum atomic E-state index is 12.7. The van der Waals surface area contributed by atoms with Gasteiger partial charge in [0, 0.05) is 19.5 Å². The van der Waals surface area contributed by atoms with Crippen LogP contribution in [0.15, 0.2) is 22.8 Å². The summed E-state index contributed by atoms with van der Waals surface area (Å²) < 4.78 is 16.9. The third-order valence-corrected chi connectivity index (χ3v) is 8.13. The lowest BCUT2D eigenvalue weighted by atomic mass is 9.86. The highest BCUT2D eigenvalue weighted by molar-refractivity contribution is 5.91. The van der Waals surface area contributed by atoms with Crippen molar-refractivity contribution in [3.8, 4) is 11.5 Å². The molecule has 1 aliphatic carbocycles. The van der Waals surface area contributed by atoms with Gasteiger partial charge in [-0.2, -0.15) is 0 Å². The molecule has 1 atom stereocenters. The van der Waals surface area contributed by atoms with Gasteiger partial charge in [-0.05, 0) is 61.4 Å². The summed E-state index contributed by atoms with van der Waals surface area (Å²) in [4.78, 5) is 30.7. The Morgan fingerprint density at radius 1 is 1.03 bits per heavy atom. The van der Waals surface area contributed by atoms with Gasteiger partial charge in [-0.1, -0.05) is 44.9 Å². The molecule has 9 heteroatoms. The maximum absolute atomic E-state index is 12.7. The molecule has 38 heavy (non-hydrogen) atoms. The van der Waals surface area contributed by atoms with E-state index in [9.17, 15) is 14.7 Å². The number of carbonyl (C=O) groups excluding carboxylic acids is 1. The monoisotopic (exact) mass is 525 g/mol. The number of hydrogen-bond donors (Lipinski definition) is 2. The van der Waals surface area contributed by atoms with E-state index in [4.69, 9.17) is 13.9 Å². The predicted octanol–water partition coefficient (Wildman–Crippen LogP) is 5.24. The Kier molecular flexibility index (Phi) is 8.83. The molecule has 3 heterocycles. The molecule has 206 valence electrons. The minimum atomic E-state index is -0.831. The van der Waals surface area contributed by atoms with E-state index in [1.54, 1.807) is 0 Å². The van der Waals surface area contributed by atoms with Crippen molar-refractivity contribution in [3.05, 3.63) is 41.1 Å². The van der Waals surface area contributed by atoms with Gasteiger partial charge in [-0.25, -0.2) is 4.98 Å². The average molecular weight is 526 g/mol. The van der Waals surface area contributed by atoms with Gasteiger partial charge in [0.15, 0.2) is 17.2 Å². The zero-order chi connectivity index (χ0) is 26.3. The highest BCUT2D eigenvalue weighted by Crippen LogP contribution is 2.38. The number of benzene rings is 1. The summed E-state index contributed by atoms with van der Waals surface area (Å²) >= 11 is 0. The Balaban J connectivity index is 1.16. The third-order valence-electron chi connectivity index (χ3n) is 8.13. The number of rotatable bonds is 12. The number of aromatic nitrogens is 1. The molecule has 0 bridgehead atoms. The van der Waals surface area contributed by atoms with E-state index in [0.717, 1.165) is 49.3 Å². The zero-order valence-corrected chi connectivity index (χ0v) is 22.1. The number of carbonyl (C=O) groups is 2. The highest BCUT2D eigenvalue weighted by atomic mass is 16.7. The van der Waals surface area contributed by atoms with Gasteiger partial charge >= 0.3 is 5.97 Å². The Hall–Kier alpha value is -3.07. The second-order valence-electron chi connectivity index (χ2n) is 10.8. The second kappa shape index (κ2) is 12.7. The molecule has 2 fully saturated rings. The van der Waals surface area contributed by atoms with E-state index in [-0.39, 0.29) is 25.2 Å². The zero-order valence-electron chi connectivity index (χ0n) is 22.1. The summed E-state index contributed by atoms with van der Waals surface area (Å²) in [5.41, 5.74) is 2.28. The van der Waals surface area contributed by atoms with Crippen molar-refractivity contribution in [1.82, 2.24) is 15.2 Å². The van der Waals surface area contributed by atoms with E-state index in [2.05, 4.69) is 15.2 Å². The molecular formula is C29H39N3O6. The minimum Gasteiger partial charge on any atom is -0.481 e. The van der Waals surface area contributed by atoms with Crippen LogP contribution in [-0.4, -0.2) is 46.7 Å². The SMILES string of the molecule is O=C(O)CCc1cc2c(cc1CN1CCC[C@@H]1c1nc(C(=O)NCCCCC3CCCCC3)co1)OCO2. The number of aryl methyl sites for hydroxylation is 1. The lowest BCUT2D eigenvalue weighted by molar-refractivity contribution is -0.136. The summed E-state index contributed by atoms with van der Waals surface area (Å²) in [6, 6.07) is 3.82.